The van der Waals surface area contributed by atoms with E-state index in [1.54, 1.807) is 0 Å². The van der Waals surface area contributed by atoms with Crippen LogP contribution in [0, 0.1) is 23.7 Å². The third-order valence-electron chi connectivity index (χ3n) is 16.7. The smallest absolute Gasteiger partial charge is 0.0617 e. The predicted molar refractivity (Wildman–Crippen MR) is 299 cm³/mol. The molecule has 0 amide bonds. The van der Waals surface area contributed by atoms with Crippen molar-refractivity contribution in [3.63, 3.8) is 0 Å². The molecule has 4 heteroatoms. The van der Waals surface area contributed by atoms with E-state index < -0.39 is 32.3 Å². The van der Waals surface area contributed by atoms with Gasteiger partial charge in [-0.25, -0.2) is 0 Å². The lowest BCUT2D eigenvalue weighted by Gasteiger charge is -2.51. The maximum Gasteiger partial charge on any atom is 0.0617 e. The summed E-state index contributed by atoms with van der Waals surface area (Å²) in [6.07, 6.45) is 1.00. The number of hydrogen-bond donors (Lipinski definition) is 0. The van der Waals surface area contributed by atoms with Crippen LogP contribution in [0.3, 0.4) is 0 Å². The minimum absolute atomic E-state index is 0.0216. The zero-order chi connectivity index (χ0) is 47.5. The summed E-state index contributed by atoms with van der Waals surface area (Å²) in [6.45, 7) is 33.3. The van der Waals surface area contributed by atoms with Crippen molar-refractivity contribution in [2.45, 2.75) is 107 Å². The average molecular weight is 936 g/mol. The third kappa shape index (κ3) is 6.73. The van der Waals surface area contributed by atoms with Crippen LogP contribution < -0.4 is 0 Å². The molecule has 7 aromatic rings. The molecule has 0 fully saturated rings. The molecule has 0 saturated heterocycles. The summed E-state index contributed by atoms with van der Waals surface area (Å²) in [5, 5.41) is -0.0269. The maximum absolute atomic E-state index is 3.75. The van der Waals surface area contributed by atoms with Crippen LogP contribution in [-0.4, -0.2) is 32.3 Å². The van der Waals surface area contributed by atoms with Crippen LogP contribution >= 0.6 is 0 Å². The summed E-state index contributed by atoms with van der Waals surface area (Å²) < 4.78 is -0.0216. The summed E-state index contributed by atoms with van der Waals surface area (Å²) >= 11 is 0. The summed E-state index contributed by atoms with van der Waals surface area (Å²) in [6, 6.07) is 57.8. The van der Waals surface area contributed by atoms with Gasteiger partial charge < -0.3 is 0 Å². The van der Waals surface area contributed by atoms with E-state index in [1.807, 2.05) is 0 Å². The molecule has 3 aliphatic carbocycles. The predicted octanol–water partition coefficient (Wildman–Crippen LogP) is 16.1. The van der Waals surface area contributed by atoms with E-state index in [9.17, 15) is 0 Å². The van der Waals surface area contributed by atoms with Crippen molar-refractivity contribution >= 4 is 32.3 Å². The van der Waals surface area contributed by atoms with Crippen molar-refractivity contribution < 1.29 is 0 Å². The van der Waals surface area contributed by atoms with Crippen molar-refractivity contribution in [1.29, 1.82) is 0 Å². The fourth-order valence-corrected chi connectivity index (χ4v) is 31.4. The fraction of sp³-hybridized carbons (Fsp3) is 0.270. The molecule has 0 N–H and O–H groups in total. The van der Waals surface area contributed by atoms with Crippen LogP contribution in [0.5, 0.6) is 0 Å². The molecule has 0 saturated carbocycles. The van der Waals surface area contributed by atoms with E-state index in [4.69, 9.17) is 0 Å². The molecule has 3 aliphatic rings. The summed E-state index contributed by atoms with van der Waals surface area (Å²) in [7, 11) is -7.42. The van der Waals surface area contributed by atoms with Gasteiger partial charge in [0.05, 0.1) is 32.3 Å². The molecule has 0 bridgehead atoms. The Morgan fingerprint density at radius 1 is 0.328 bits per heavy atom. The Bertz CT molecular complexity index is 3270. The van der Waals surface area contributed by atoms with Gasteiger partial charge in [0.1, 0.15) is 0 Å². The van der Waals surface area contributed by atoms with Gasteiger partial charge in [-0.2, -0.15) is 0 Å². The van der Waals surface area contributed by atoms with Crippen LogP contribution in [0.1, 0.15) is 68.1 Å². The van der Waals surface area contributed by atoms with Crippen molar-refractivity contribution in [1.82, 2.24) is 0 Å². The van der Waals surface area contributed by atoms with E-state index in [0.717, 1.165) is 28.7 Å². The molecule has 0 radical (unpaired) electrons. The van der Waals surface area contributed by atoms with Gasteiger partial charge in [-0.15, -0.1) is 0 Å². The Kier molecular flexibility index (Phi) is 10.5. The van der Waals surface area contributed by atoms with E-state index >= 15 is 0 Å². The third-order valence-corrected chi connectivity index (χ3v) is 33.5. The maximum atomic E-state index is 3.75. The molecule has 2 unspecified atom stereocenters. The van der Waals surface area contributed by atoms with Crippen LogP contribution in [0.15, 0.2) is 152 Å². The standard InChI is InChI=1S/C63H66Si4/c1-61(64(2,3)4)55-25-19-17-23-49(55)51-35-31-44(39-57(51)61)27-29-46-33-37-53-54-38-34-47(42-60(54)63(59(53)41-46,66(8,9)10)67(11,12)13)30-28-45-32-36-52-50-24-18-20-26-56(50)62(58(52)40-45,65(5,6)7)43-48-21-15-14-16-22-48/h14-26,31-42H,43H2,1-13H3. The highest BCUT2D eigenvalue weighted by Crippen LogP contribution is 2.59. The Labute approximate surface area is 406 Å². The molecule has 0 heterocycles. The highest BCUT2D eigenvalue weighted by molar-refractivity contribution is 6.99. The molecule has 0 aliphatic heterocycles. The molecule has 67 heavy (non-hydrogen) atoms. The van der Waals surface area contributed by atoms with Crippen molar-refractivity contribution in [2.24, 2.45) is 0 Å². The SMILES string of the molecule is CC1([Si](C)(C)C)c2ccccc2-c2ccc(C#Cc3ccc4c(c3)C([Si](C)(C)C)([Si](C)(C)C)c3cc(C#Cc5ccc6c(c5)C(Cc5ccccc5)([Si](C)(C)C)c5ccccc5-6)ccc3-4)cc21. The first-order chi connectivity index (χ1) is 31.6. The van der Waals surface area contributed by atoms with E-state index in [2.05, 4.69) is 261 Å². The van der Waals surface area contributed by atoms with Crippen LogP contribution in [0.4, 0.5) is 0 Å². The first kappa shape index (κ1) is 45.3. The zero-order valence-electron chi connectivity index (χ0n) is 42.1. The van der Waals surface area contributed by atoms with Gasteiger partial charge in [0.2, 0.25) is 0 Å². The van der Waals surface area contributed by atoms with Gasteiger partial charge in [-0.05, 0) is 127 Å². The Hall–Kier alpha value is -5.47. The zero-order valence-corrected chi connectivity index (χ0v) is 46.1. The molecule has 334 valence electrons. The second kappa shape index (κ2) is 15.5. The number of rotatable bonds is 6. The second-order valence-corrected chi connectivity index (χ2v) is 45.9. The number of benzene rings is 7. The molecular weight excluding hydrogens is 869 g/mol. The van der Waals surface area contributed by atoms with E-state index in [1.165, 1.54) is 72.3 Å². The Balaban J connectivity index is 1.04. The molecule has 7 aromatic carbocycles. The lowest BCUT2D eigenvalue weighted by atomic mass is 9.88. The summed E-state index contributed by atoms with van der Waals surface area (Å²) in [5.41, 5.74) is 22.9. The molecule has 0 nitrogen and oxygen atoms in total. The highest BCUT2D eigenvalue weighted by atomic mass is 28.4. The normalized spacial score (nSPS) is 18.6. The molecule has 10 rings (SSSR count). The number of hydrogen-bond acceptors (Lipinski definition) is 0. The van der Waals surface area contributed by atoms with Gasteiger partial charge in [-0.3, -0.25) is 0 Å². The lowest BCUT2D eigenvalue weighted by molar-refractivity contribution is 0.701. The molecular formula is C63H66Si4. The quantitative estimate of drug-likeness (QED) is 0.115. The lowest BCUT2D eigenvalue weighted by Crippen LogP contribution is -2.63. The van der Waals surface area contributed by atoms with Gasteiger partial charge >= 0.3 is 0 Å². The van der Waals surface area contributed by atoms with Crippen LogP contribution in [0.2, 0.25) is 78.6 Å². The van der Waals surface area contributed by atoms with Crippen LogP contribution in [0.25, 0.3) is 33.4 Å². The largest absolute Gasteiger partial charge is 0.0688 e. The molecule has 0 spiro atoms. The monoisotopic (exact) mass is 934 g/mol. The minimum atomic E-state index is -1.94. The number of fused-ring (bicyclic) bond motifs is 9. The summed E-state index contributed by atoms with van der Waals surface area (Å²) in [4.78, 5) is 0. The minimum Gasteiger partial charge on any atom is -0.0688 e. The van der Waals surface area contributed by atoms with Crippen molar-refractivity contribution in [2.75, 3.05) is 0 Å². The van der Waals surface area contributed by atoms with E-state index in [-0.39, 0.29) is 14.7 Å². The topological polar surface area (TPSA) is 0 Å². The van der Waals surface area contributed by atoms with Crippen LogP contribution in [-0.2, 0) is 21.2 Å². The van der Waals surface area contributed by atoms with Crippen molar-refractivity contribution in [3.05, 3.63) is 213 Å². The van der Waals surface area contributed by atoms with Gasteiger partial charge in [0.15, 0.2) is 0 Å². The van der Waals surface area contributed by atoms with Crippen molar-refractivity contribution in [3.8, 4) is 57.1 Å². The van der Waals surface area contributed by atoms with Gasteiger partial charge in [0, 0.05) is 37.0 Å². The Morgan fingerprint density at radius 2 is 0.687 bits per heavy atom. The molecule has 2 atom stereocenters. The first-order valence-corrected chi connectivity index (χ1v) is 38.5. The van der Waals surface area contributed by atoms with Gasteiger partial charge in [-0.1, -0.05) is 212 Å². The second-order valence-electron chi connectivity index (χ2n) is 24.1. The van der Waals surface area contributed by atoms with E-state index in [0.29, 0.717) is 0 Å². The summed E-state index contributed by atoms with van der Waals surface area (Å²) in [5.74, 6) is 14.9. The average Bonchev–Trinajstić information content (AvgIpc) is 3.85. The Morgan fingerprint density at radius 3 is 1.13 bits per heavy atom. The van der Waals surface area contributed by atoms with Gasteiger partial charge in [0.25, 0.3) is 0 Å². The fourth-order valence-electron chi connectivity index (χ4n) is 13.5. The highest BCUT2D eigenvalue weighted by Gasteiger charge is 2.59. The molecule has 0 aromatic heterocycles. The first-order valence-electron chi connectivity index (χ1n) is 24.5.